The van der Waals surface area contributed by atoms with Crippen LogP contribution in [0, 0.1) is 12.8 Å². The summed E-state index contributed by atoms with van der Waals surface area (Å²) in [5.41, 5.74) is 20.9. The van der Waals surface area contributed by atoms with Crippen LogP contribution in [0.4, 0.5) is 5.69 Å². The van der Waals surface area contributed by atoms with Crippen molar-refractivity contribution in [2.75, 3.05) is 26.6 Å². The predicted octanol–water partition coefficient (Wildman–Crippen LogP) is 3.01. The number of hydrogen-bond acceptors (Lipinski definition) is 6. The zero-order chi connectivity index (χ0) is 23.4. The minimum Gasteiger partial charge on any atom is -0.389 e. The van der Waals surface area contributed by atoms with E-state index in [1.807, 2.05) is 20.9 Å². The number of aliphatic imine (C=N–C) groups is 1. The third-order valence-corrected chi connectivity index (χ3v) is 5.75. The monoisotopic (exact) mass is 434 g/mol. The number of nitrogens with one attached hydrogen (secondary N) is 3. The number of anilines is 1. The molecule has 2 aromatic carbocycles. The molecule has 1 aliphatic heterocycles. The fraction of sp³-hybridized carbons (Fsp3) is 0.360. The highest BCUT2D eigenvalue weighted by Crippen LogP contribution is 2.35. The number of aryl methyl sites for hydroxylation is 1. The van der Waals surface area contributed by atoms with Crippen LogP contribution in [0.5, 0.6) is 0 Å². The molecular weight excluding hydrogens is 400 g/mol. The number of hydrazine groups is 1. The normalized spacial score (nSPS) is 15.2. The third-order valence-electron chi connectivity index (χ3n) is 5.75. The molecule has 5 N–H and O–H groups in total. The van der Waals surface area contributed by atoms with E-state index in [0.29, 0.717) is 12.2 Å². The maximum absolute atomic E-state index is 12.1. The molecule has 7 nitrogen and oxygen atoms in total. The molecule has 0 saturated carbocycles. The van der Waals surface area contributed by atoms with Crippen LogP contribution >= 0.6 is 0 Å². The predicted molar refractivity (Wildman–Crippen MR) is 132 cm³/mol. The van der Waals surface area contributed by atoms with Crippen molar-refractivity contribution in [2.45, 2.75) is 33.9 Å². The van der Waals surface area contributed by atoms with Crippen molar-refractivity contribution in [3.05, 3.63) is 69.9 Å². The van der Waals surface area contributed by atoms with E-state index >= 15 is 0 Å². The number of nitrogens with two attached hydrogens (primary N) is 1. The fourth-order valence-corrected chi connectivity index (χ4v) is 4.05. The Labute approximate surface area is 190 Å². The molecule has 0 radical (unpaired) electrons. The van der Waals surface area contributed by atoms with E-state index in [4.69, 9.17) is 10.7 Å². The number of rotatable bonds is 8. The highest BCUT2D eigenvalue weighted by atomic mass is 16.1. The topological polar surface area (TPSA) is 94.8 Å². The summed E-state index contributed by atoms with van der Waals surface area (Å²) in [5, 5.41) is 3.22. The third kappa shape index (κ3) is 5.00. The van der Waals surface area contributed by atoms with Gasteiger partial charge in [0.1, 0.15) is 0 Å². The number of amides is 1. The van der Waals surface area contributed by atoms with Crippen LogP contribution in [0.25, 0.3) is 5.70 Å². The zero-order valence-electron chi connectivity index (χ0n) is 19.8. The van der Waals surface area contributed by atoms with Crippen molar-refractivity contribution in [1.29, 1.82) is 0 Å². The van der Waals surface area contributed by atoms with E-state index in [0.717, 1.165) is 45.9 Å². The van der Waals surface area contributed by atoms with Gasteiger partial charge in [-0.1, -0.05) is 24.3 Å². The Hall–Kier alpha value is -3.16. The van der Waals surface area contributed by atoms with Gasteiger partial charge in [0.15, 0.2) is 0 Å². The van der Waals surface area contributed by atoms with Gasteiger partial charge < -0.3 is 21.4 Å². The molecule has 0 spiro atoms. The lowest BCUT2D eigenvalue weighted by atomic mass is 9.93. The molecule has 0 aromatic heterocycles. The van der Waals surface area contributed by atoms with E-state index in [2.05, 4.69) is 78.5 Å². The number of hydrogen-bond donors (Lipinski definition) is 4. The molecule has 0 bridgehead atoms. The minimum atomic E-state index is -0.510. The van der Waals surface area contributed by atoms with Gasteiger partial charge in [0.25, 0.3) is 0 Å². The quantitative estimate of drug-likeness (QED) is 0.479. The van der Waals surface area contributed by atoms with Gasteiger partial charge in [0.2, 0.25) is 5.91 Å². The van der Waals surface area contributed by atoms with Crippen LogP contribution in [0.15, 0.2) is 47.1 Å². The first-order valence-electron chi connectivity index (χ1n) is 10.8. The maximum atomic E-state index is 12.1. The van der Waals surface area contributed by atoms with Crippen LogP contribution in [0.2, 0.25) is 0 Å². The summed E-state index contributed by atoms with van der Waals surface area (Å²) in [6.07, 6.45) is 0. The summed E-state index contributed by atoms with van der Waals surface area (Å²) < 4.78 is 0. The first-order chi connectivity index (χ1) is 15.2. The molecule has 0 fully saturated rings. The fourth-order valence-electron chi connectivity index (χ4n) is 4.05. The van der Waals surface area contributed by atoms with E-state index in [-0.39, 0.29) is 0 Å². The summed E-state index contributed by atoms with van der Waals surface area (Å²) in [5.74, 6) is -0.904. The van der Waals surface area contributed by atoms with Crippen molar-refractivity contribution < 1.29 is 4.79 Å². The van der Waals surface area contributed by atoms with E-state index in [1.54, 1.807) is 0 Å². The lowest BCUT2D eigenvalue weighted by Crippen LogP contribution is -2.28. The Kier molecular flexibility index (Phi) is 7.33. The molecule has 32 heavy (non-hydrogen) atoms. The molecule has 1 unspecified atom stereocenters. The Morgan fingerprint density at radius 3 is 2.69 bits per heavy atom. The molecule has 1 amide bonds. The van der Waals surface area contributed by atoms with Crippen LogP contribution in [-0.4, -0.2) is 37.7 Å². The van der Waals surface area contributed by atoms with Crippen molar-refractivity contribution in [2.24, 2.45) is 16.6 Å². The highest BCUT2D eigenvalue weighted by molar-refractivity contribution is 6.02. The van der Waals surface area contributed by atoms with Crippen molar-refractivity contribution in [3.8, 4) is 0 Å². The molecule has 0 aliphatic carbocycles. The molecule has 2 aromatic rings. The van der Waals surface area contributed by atoms with Gasteiger partial charge in [-0.2, -0.15) is 0 Å². The van der Waals surface area contributed by atoms with E-state index in [9.17, 15) is 4.79 Å². The molecule has 170 valence electrons. The molecular formula is C25H34N6O. The van der Waals surface area contributed by atoms with Crippen LogP contribution in [0.3, 0.4) is 0 Å². The average molecular weight is 435 g/mol. The Bertz CT molecular complexity index is 1070. The van der Waals surface area contributed by atoms with Crippen molar-refractivity contribution in [1.82, 2.24) is 15.6 Å². The lowest BCUT2D eigenvalue weighted by Gasteiger charge is -2.20. The summed E-state index contributed by atoms with van der Waals surface area (Å²) in [4.78, 5) is 19.4. The maximum Gasteiger partial charge on any atom is 0.226 e. The van der Waals surface area contributed by atoms with Crippen molar-refractivity contribution >= 4 is 23.0 Å². The largest absolute Gasteiger partial charge is 0.389 e. The van der Waals surface area contributed by atoms with Crippen LogP contribution < -0.4 is 21.9 Å². The SMILES string of the molecule is CN/C(=C(/N=C(C)c1cccc(CN(C)C)c1)c1c(C)ccc2c1CNN2)C(C)C(N)=O. The van der Waals surface area contributed by atoms with Crippen LogP contribution in [-0.2, 0) is 17.9 Å². The first kappa shape index (κ1) is 23.5. The van der Waals surface area contributed by atoms with E-state index in [1.165, 1.54) is 5.56 Å². The lowest BCUT2D eigenvalue weighted by molar-refractivity contribution is -0.120. The van der Waals surface area contributed by atoms with Gasteiger partial charge in [-0.3, -0.25) is 9.79 Å². The summed E-state index contributed by atoms with van der Waals surface area (Å²) in [7, 11) is 5.92. The first-order valence-corrected chi connectivity index (χ1v) is 10.8. The standard InChI is InChI=1S/C25H34N6O/c1-15-10-11-21-20(13-28-30-21)22(15)24(23(27-4)16(2)25(26)32)29-17(3)19-9-7-8-18(12-19)14-31(5)6/h7-12,16,27-28,30H,13-14H2,1-6H3,(H2,26,32)/b24-23+,29-17?. The number of carbonyl (C=O) groups is 1. The van der Waals surface area contributed by atoms with Gasteiger partial charge in [0.05, 0.1) is 17.3 Å². The summed E-state index contributed by atoms with van der Waals surface area (Å²) in [6.45, 7) is 7.41. The Balaban J connectivity index is 2.22. The van der Waals surface area contributed by atoms with E-state index < -0.39 is 11.8 Å². The molecule has 7 heteroatoms. The average Bonchev–Trinajstić information content (AvgIpc) is 3.21. The Morgan fingerprint density at radius 2 is 2.03 bits per heavy atom. The molecule has 0 saturated heterocycles. The second-order valence-corrected chi connectivity index (χ2v) is 8.53. The number of nitrogens with zero attached hydrogens (tertiary/aromatic N) is 2. The van der Waals surface area contributed by atoms with Gasteiger partial charge in [-0.15, -0.1) is 0 Å². The molecule has 3 rings (SSSR count). The van der Waals surface area contributed by atoms with Gasteiger partial charge in [0, 0.05) is 42.7 Å². The molecule has 1 heterocycles. The van der Waals surface area contributed by atoms with Crippen LogP contribution in [0.1, 0.15) is 41.7 Å². The second-order valence-electron chi connectivity index (χ2n) is 8.53. The second kappa shape index (κ2) is 9.97. The smallest absolute Gasteiger partial charge is 0.226 e. The number of carbonyl (C=O) groups excluding carboxylic acids is 1. The van der Waals surface area contributed by atoms with Gasteiger partial charge in [-0.25, -0.2) is 5.43 Å². The Morgan fingerprint density at radius 1 is 1.28 bits per heavy atom. The zero-order valence-corrected chi connectivity index (χ0v) is 19.8. The minimum absolute atomic E-state index is 0.394. The molecule has 1 aliphatic rings. The van der Waals surface area contributed by atoms with Crippen molar-refractivity contribution in [3.63, 3.8) is 0 Å². The summed E-state index contributed by atoms with van der Waals surface area (Å²) >= 11 is 0. The number of primary amides is 1. The highest BCUT2D eigenvalue weighted by Gasteiger charge is 2.25. The molecule has 1 atom stereocenters. The number of benzene rings is 2. The summed E-state index contributed by atoms with van der Waals surface area (Å²) in [6, 6.07) is 12.5. The number of fused-ring (bicyclic) bond motifs is 1. The van der Waals surface area contributed by atoms with Gasteiger partial charge in [-0.05, 0) is 63.7 Å². The van der Waals surface area contributed by atoms with Gasteiger partial charge >= 0.3 is 0 Å².